The lowest BCUT2D eigenvalue weighted by Crippen LogP contribution is -2.18. The van der Waals surface area contributed by atoms with Gasteiger partial charge in [-0.05, 0) is 54.1 Å². The molecule has 2 aromatic carbocycles. The van der Waals surface area contributed by atoms with Crippen LogP contribution in [0.1, 0.15) is 21.8 Å². The number of nitrogens with zero attached hydrogens (tertiary/aromatic N) is 1. The lowest BCUT2D eigenvalue weighted by Gasteiger charge is -2.10. The zero-order valence-corrected chi connectivity index (χ0v) is 19.9. The van der Waals surface area contributed by atoms with Crippen LogP contribution in [0.15, 0.2) is 60.8 Å². The third kappa shape index (κ3) is 4.82. The van der Waals surface area contributed by atoms with Gasteiger partial charge in [-0.3, -0.25) is 9.59 Å². The average Bonchev–Trinajstić information content (AvgIpc) is 3.31. The minimum absolute atomic E-state index is 0.173. The maximum absolute atomic E-state index is 12.9. The molecule has 4 rings (SSSR count). The van der Waals surface area contributed by atoms with E-state index < -0.39 is 28.0 Å². The summed E-state index contributed by atoms with van der Waals surface area (Å²) in [4.78, 5) is 29.6. The van der Waals surface area contributed by atoms with Crippen LogP contribution in [0.4, 0.5) is 11.5 Å². The van der Waals surface area contributed by atoms with E-state index in [1.165, 1.54) is 12.1 Å². The maximum atomic E-state index is 12.9. The minimum atomic E-state index is -1.32. The van der Waals surface area contributed by atoms with Gasteiger partial charge >= 0.3 is 0 Å². The molecule has 2 amide bonds. The van der Waals surface area contributed by atoms with E-state index in [2.05, 4.69) is 15.6 Å². The second kappa shape index (κ2) is 9.08. The van der Waals surface area contributed by atoms with Crippen LogP contribution in [-0.2, 0) is 4.79 Å². The Bertz CT molecular complexity index is 1180. The molecule has 3 aromatic rings. The molecule has 0 spiro atoms. The number of hydrogen-bond acceptors (Lipinski definition) is 3. The van der Waals surface area contributed by atoms with Crippen LogP contribution in [-0.4, -0.2) is 21.1 Å². The molecule has 0 aliphatic heterocycles. The van der Waals surface area contributed by atoms with Crippen molar-refractivity contribution in [2.45, 2.75) is 10.3 Å². The van der Waals surface area contributed by atoms with Crippen LogP contribution in [0.25, 0.3) is 0 Å². The van der Waals surface area contributed by atoms with Gasteiger partial charge in [-0.15, -0.1) is 23.2 Å². The highest BCUT2D eigenvalue weighted by molar-refractivity contribution is 6.53. The lowest BCUT2D eigenvalue weighted by molar-refractivity contribution is -0.117. The lowest BCUT2D eigenvalue weighted by atomic mass is 10.1. The quantitative estimate of drug-likeness (QED) is 0.356. The number of benzene rings is 2. The van der Waals surface area contributed by atoms with E-state index in [0.29, 0.717) is 27.1 Å². The van der Waals surface area contributed by atoms with Crippen LogP contribution in [0, 0.1) is 5.92 Å². The highest BCUT2D eigenvalue weighted by atomic mass is 35.5. The molecule has 1 aliphatic carbocycles. The summed E-state index contributed by atoms with van der Waals surface area (Å²) in [5, 5.41) is 6.46. The zero-order chi connectivity index (χ0) is 23.0. The first kappa shape index (κ1) is 23.1. The van der Waals surface area contributed by atoms with E-state index >= 15 is 0 Å². The molecule has 2 N–H and O–H groups in total. The predicted molar refractivity (Wildman–Crippen MR) is 129 cm³/mol. The maximum Gasteiger partial charge on any atom is 0.258 e. The molecule has 1 fully saturated rings. The molecule has 1 saturated carbocycles. The van der Waals surface area contributed by atoms with E-state index in [1.807, 2.05) is 0 Å². The number of alkyl halides is 2. The van der Waals surface area contributed by atoms with E-state index in [-0.39, 0.29) is 10.6 Å². The van der Waals surface area contributed by atoms with Crippen LogP contribution >= 0.6 is 58.0 Å². The van der Waals surface area contributed by atoms with Gasteiger partial charge in [0.1, 0.15) is 10.2 Å². The molecule has 164 valence electrons. The number of amides is 2. The first-order valence-corrected chi connectivity index (χ1v) is 11.2. The fourth-order valence-corrected chi connectivity index (χ4v) is 5.01. The Kier molecular flexibility index (Phi) is 6.57. The summed E-state index contributed by atoms with van der Waals surface area (Å²) in [5.41, 5.74) is 1.20. The van der Waals surface area contributed by atoms with Gasteiger partial charge in [0.25, 0.3) is 5.91 Å². The third-order valence-electron chi connectivity index (χ3n) is 4.97. The smallest absolute Gasteiger partial charge is 0.258 e. The Morgan fingerprint density at radius 1 is 0.906 bits per heavy atom. The Morgan fingerprint density at radius 3 is 2.28 bits per heavy atom. The van der Waals surface area contributed by atoms with Crippen molar-refractivity contribution in [3.63, 3.8) is 0 Å². The molecule has 0 saturated heterocycles. The third-order valence-corrected chi connectivity index (χ3v) is 6.67. The van der Waals surface area contributed by atoms with Gasteiger partial charge in [-0.2, -0.15) is 0 Å². The van der Waals surface area contributed by atoms with Crippen molar-refractivity contribution >= 4 is 81.3 Å². The molecule has 5 nitrogen and oxygen atoms in total. The van der Waals surface area contributed by atoms with Crippen molar-refractivity contribution in [2.24, 2.45) is 5.92 Å². The number of rotatable bonds is 5. The standard InChI is InChI=1S/C22H14Cl5N3O2/c23-12-7-11(8-13(24)9-12)18-19(22(18,26)27)21(32)29-14-4-5-16(25)15(10-14)20(31)30-17-3-1-2-6-28-17/h1-10,18-19H,(H,29,32)(H,28,30,31). The molecule has 0 radical (unpaired) electrons. The Hall–Kier alpha value is -2.02. The molecule has 1 aromatic heterocycles. The van der Waals surface area contributed by atoms with Crippen molar-refractivity contribution in [1.82, 2.24) is 4.98 Å². The van der Waals surface area contributed by atoms with Gasteiger partial charge < -0.3 is 10.6 Å². The number of carbonyl (C=O) groups excluding carboxylic acids is 2. The Labute approximate surface area is 209 Å². The summed E-state index contributed by atoms with van der Waals surface area (Å²) >= 11 is 31.1. The molecular weight excluding hydrogens is 516 g/mol. The first-order valence-electron chi connectivity index (χ1n) is 9.33. The Morgan fingerprint density at radius 2 is 1.62 bits per heavy atom. The van der Waals surface area contributed by atoms with Gasteiger partial charge in [0.15, 0.2) is 0 Å². The van der Waals surface area contributed by atoms with Gasteiger partial charge in [0, 0.05) is 27.8 Å². The molecule has 1 aliphatic rings. The minimum Gasteiger partial charge on any atom is -0.326 e. The summed E-state index contributed by atoms with van der Waals surface area (Å²) in [6.07, 6.45) is 1.55. The van der Waals surface area contributed by atoms with Crippen LogP contribution < -0.4 is 10.6 Å². The van der Waals surface area contributed by atoms with Crippen LogP contribution in [0.5, 0.6) is 0 Å². The van der Waals surface area contributed by atoms with Crippen molar-refractivity contribution in [1.29, 1.82) is 0 Å². The number of halogens is 5. The summed E-state index contributed by atoms with van der Waals surface area (Å²) in [6.45, 7) is 0. The monoisotopic (exact) mass is 527 g/mol. The van der Waals surface area contributed by atoms with Crippen LogP contribution in [0.2, 0.25) is 15.1 Å². The van der Waals surface area contributed by atoms with E-state index in [1.54, 1.807) is 48.7 Å². The topological polar surface area (TPSA) is 71.1 Å². The number of pyridine rings is 1. The molecule has 0 bridgehead atoms. The molecule has 32 heavy (non-hydrogen) atoms. The zero-order valence-electron chi connectivity index (χ0n) is 16.1. The number of aromatic nitrogens is 1. The highest BCUT2D eigenvalue weighted by Gasteiger charge is 2.67. The predicted octanol–water partition coefficient (Wildman–Crippen LogP) is 6.82. The number of anilines is 2. The van der Waals surface area contributed by atoms with Gasteiger partial charge in [0.05, 0.1) is 16.5 Å². The average molecular weight is 530 g/mol. The second-order valence-electron chi connectivity index (χ2n) is 7.19. The van der Waals surface area contributed by atoms with E-state index in [0.717, 1.165) is 0 Å². The normalized spacial score (nSPS) is 18.7. The summed E-state index contributed by atoms with van der Waals surface area (Å²) in [7, 11) is 0. The highest BCUT2D eigenvalue weighted by Crippen LogP contribution is 2.65. The summed E-state index contributed by atoms with van der Waals surface area (Å²) < 4.78 is -1.32. The fourth-order valence-electron chi connectivity index (χ4n) is 3.44. The fraction of sp³-hybridized carbons (Fsp3) is 0.136. The van der Waals surface area contributed by atoms with E-state index in [9.17, 15) is 9.59 Å². The van der Waals surface area contributed by atoms with Crippen molar-refractivity contribution in [3.8, 4) is 0 Å². The molecule has 1 heterocycles. The van der Waals surface area contributed by atoms with Crippen molar-refractivity contribution in [3.05, 3.63) is 87.0 Å². The second-order valence-corrected chi connectivity index (χ2v) is 9.91. The van der Waals surface area contributed by atoms with Crippen LogP contribution in [0.3, 0.4) is 0 Å². The van der Waals surface area contributed by atoms with Crippen molar-refractivity contribution < 1.29 is 9.59 Å². The summed E-state index contributed by atoms with van der Waals surface area (Å²) in [5.74, 6) is -1.72. The molecule has 2 unspecified atom stereocenters. The molecular formula is C22H14Cl5N3O2. The van der Waals surface area contributed by atoms with Crippen molar-refractivity contribution in [2.75, 3.05) is 10.6 Å². The number of nitrogens with one attached hydrogen (secondary N) is 2. The van der Waals surface area contributed by atoms with Gasteiger partial charge in [-0.25, -0.2) is 4.98 Å². The summed E-state index contributed by atoms with van der Waals surface area (Å²) in [6, 6.07) is 14.6. The number of carbonyl (C=O) groups is 2. The largest absolute Gasteiger partial charge is 0.326 e. The van der Waals surface area contributed by atoms with Gasteiger partial charge in [-0.1, -0.05) is 40.9 Å². The van der Waals surface area contributed by atoms with E-state index in [4.69, 9.17) is 58.0 Å². The molecule has 10 heteroatoms. The number of hydrogen-bond donors (Lipinski definition) is 2. The molecule has 2 atom stereocenters. The SMILES string of the molecule is O=C(Nc1ccccn1)c1cc(NC(=O)C2C(c3cc(Cl)cc(Cl)c3)C2(Cl)Cl)ccc1Cl. The van der Waals surface area contributed by atoms with Gasteiger partial charge in [0.2, 0.25) is 5.91 Å². The Balaban J connectivity index is 1.51. The first-order chi connectivity index (χ1) is 15.2.